The maximum Gasteiger partial charge on any atom is 0.282 e. The van der Waals surface area contributed by atoms with E-state index >= 15 is 0 Å². The summed E-state index contributed by atoms with van der Waals surface area (Å²) >= 11 is 0. The van der Waals surface area contributed by atoms with Crippen molar-refractivity contribution in [1.29, 1.82) is 0 Å². The van der Waals surface area contributed by atoms with Gasteiger partial charge < -0.3 is 0 Å². The Morgan fingerprint density at radius 3 is 2.47 bits per heavy atom. The zero-order valence-electron chi connectivity index (χ0n) is 9.31. The Morgan fingerprint density at radius 2 is 1.94 bits per heavy atom. The van der Waals surface area contributed by atoms with Crippen LogP contribution in [0.2, 0.25) is 0 Å². The zero-order valence-corrected chi connectivity index (χ0v) is 9.31. The number of aryl methyl sites for hydroxylation is 1. The number of carbonyl (C=O) groups excluding carboxylic acids is 2. The summed E-state index contributed by atoms with van der Waals surface area (Å²) in [6.07, 6.45) is 0. The van der Waals surface area contributed by atoms with Gasteiger partial charge in [-0.15, -0.1) is 0 Å². The number of nitro benzene ring substituents is 1. The fourth-order valence-electron chi connectivity index (χ4n) is 1.20. The first-order valence-corrected chi connectivity index (χ1v) is 4.74. The second-order valence-electron chi connectivity index (χ2n) is 3.41. The van der Waals surface area contributed by atoms with E-state index in [4.69, 9.17) is 0 Å². The predicted octanol–water partition coefficient (Wildman–Crippen LogP) is 0.684. The van der Waals surface area contributed by atoms with Crippen LogP contribution in [-0.2, 0) is 4.79 Å². The van der Waals surface area contributed by atoms with E-state index in [-0.39, 0.29) is 11.3 Å². The van der Waals surface area contributed by atoms with E-state index in [1.54, 1.807) is 6.92 Å². The van der Waals surface area contributed by atoms with Crippen LogP contribution >= 0.6 is 0 Å². The SMILES string of the molecule is CC(=O)NNC(=O)c1cc(C)ccc1[N+](=O)[O-]. The van der Waals surface area contributed by atoms with Crippen LogP contribution in [0, 0.1) is 17.0 Å². The van der Waals surface area contributed by atoms with Crippen molar-refractivity contribution in [1.82, 2.24) is 10.9 Å². The maximum atomic E-state index is 11.6. The Bertz CT molecular complexity index is 484. The first-order chi connectivity index (χ1) is 7.91. The summed E-state index contributed by atoms with van der Waals surface area (Å²) in [5.41, 5.74) is 4.46. The minimum absolute atomic E-state index is 0.0937. The summed E-state index contributed by atoms with van der Waals surface area (Å²) in [7, 11) is 0. The van der Waals surface area contributed by atoms with E-state index in [1.165, 1.54) is 25.1 Å². The minimum Gasteiger partial charge on any atom is -0.274 e. The quantitative estimate of drug-likeness (QED) is 0.583. The summed E-state index contributed by atoms with van der Waals surface area (Å²) < 4.78 is 0. The summed E-state index contributed by atoms with van der Waals surface area (Å²) in [4.78, 5) is 32.3. The molecule has 0 aromatic heterocycles. The number of amides is 2. The number of carbonyl (C=O) groups is 2. The van der Waals surface area contributed by atoms with E-state index in [9.17, 15) is 19.7 Å². The van der Waals surface area contributed by atoms with Crippen LogP contribution in [0.4, 0.5) is 5.69 Å². The number of nitrogens with one attached hydrogen (secondary N) is 2. The predicted molar refractivity (Wildman–Crippen MR) is 59.1 cm³/mol. The molecule has 0 aliphatic rings. The van der Waals surface area contributed by atoms with Crippen molar-refractivity contribution in [3.05, 3.63) is 39.4 Å². The topological polar surface area (TPSA) is 101 Å². The lowest BCUT2D eigenvalue weighted by Crippen LogP contribution is -2.40. The van der Waals surface area contributed by atoms with Crippen LogP contribution in [0.5, 0.6) is 0 Å². The normalized spacial score (nSPS) is 9.53. The highest BCUT2D eigenvalue weighted by molar-refractivity contribution is 5.99. The summed E-state index contributed by atoms with van der Waals surface area (Å²) in [5.74, 6) is -1.19. The Kier molecular flexibility index (Phi) is 3.76. The largest absolute Gasteiger partial charge is 0.282 e. The van der Waals surface area contributed by atoms with Crippen molar-refractivity contribution in [2.45, 2.75) is 13.8 Å². The number of hydrogen-bond acceptors (Lipinski definition) is 4. The van der Waals surface area contributed by atoms with Crippen LogP contribution in [0.25, 0.3) is 0 Å². The molecule has 1 aromatic rings. The number of nitro groups is 1. The van der Waals surface area contributed by atoms with Gasteiger partial charge in [-0.2, -0.15) is 0 Å². The third kappa shape index (κ3) is 3.26. The molecule has 0 fully saturated rings. The molecule has 1 rings (SSSR count). The van der Waals surface area contributed by atoms with Crippen LogP contribution in [0.15, 0.2) is 18.2 Å². The van der Waals surface area contributed by atoms with Crippen LogP contribution in [0.1, 0.15) is 22.8 Å². The van der Waals surface area contributed by atoms with Crippen molar-refractivity contribution in [3.8, 4) is 0 Å². The molecule has 2 N–H and O–H groups in total. The standard InChI is InChI=1S/C10H11N3O4/c1-6-3-4-9(13(16)17)8(5-6)10(15)12-11-7(2)14/h3-5H,1-2H3,(H,11,14)(H,12,15). The molecule has 0 saturated carbocycles. The highest BCUT2D eigenvalue weighted by atomic mass is 16.6. The lowest BCUT2D eigenvalue weighted by molar-refractivity contribution is -0.385. The third-order valence-electron chi connectivity index (χ3n) is 1.95. The number of hydrogen-bond donors (Lipinski definition) is 2. The summed E-state index contributed by atoms with van der Waals surface area (Å²) in [6, 6.07) is 4.17. The Labute approximate surface area is 96.9 Å². The van der Waals surface area contributed by atoms with Gasteiger partial charge in [0.25, 0.3) is 11.6 Å². The molecule has 2 amide bonds. The summed E-state index contributed by atoms with van der Waals surface area (Å²) in [6.45, 7) is 2.92. The smallest absolute Gasteiger partial charge is 0.274 e. The molecule has 0 unspecified atom stereocenters. The molecule has 7 nitrogen and oxygen atoms in total. The highest BCUT2D eigenvalue weighted by Gasteiger charge is 2.19. The Balaban J connectivity index is 3.02. The summed E-state index contributed by atoms with van der Waals surface area (Å²) in [5, 5.41) is 10.7. The second-order valence-corrected chi connectivity index (χ2v) is 3.41. The van der Waals surface area contributed by atoms with Gasteiger partial charge in [0.1, 0.15) is 5.56 Å². The molecule has 17 heavy (non-hydrogen) atoms. The molecule has 0 aliphatic carbocycles. The lowest BCUT2D eigenvalue weighted by Gasteiger charge is -2.06. The monoisotopic (exact) mass is 237 g/mol. The van der Waals surface area contributed by atoms with E-state index in [2.05, 4.69) is 10.9 Å². The van der Waals surface area contributed by atoms with Crippen LogP contribution < -0.4 is 10.9 Å². The van der Waals surface area contributed by atoms with E-state index in [0.717, 1.165) is 0 Å². The fourth-order valence-corrected chi connectivity index (χ4v) is 1.20. The van der Waals surface area contributed by atoms with Crippen molar-refractivity contribution in [2.75, 3.05) is 0 Å². The van der Waals surface area contributed by atoms with Gasteiger partial charge >= 0.3 is 0 Å². The van der Waals surface area contributed by atoms with Crippen molar-refractivity contribution in [3.63, 3.8) is 0 Å². The molecule has 0 spiro atoms. The third-order valence-corrected chi connectivity index (χ3v) is 1.95. The molecule has 0 heterocycles. The van der Waals surface area contributed by atoms with Crippen molar-refractivity contribution in [2.24, 2.45) is 0 Å². The fraction of sp³-hybridized carbons (Fsp3) is 0.200. The van der Waals surface area contributed by atoms with E-state index in [0.29, 0.717) is 5.56 Å². The first kappa shape index (κ1) is 12.6. The van der Waals surface area contributed by atoms with Gasteiger partial charge in [0.05, 0.1) is 4.92 Å². The molecular weight excluding hydrogens is 226 g/mol. The van der Waals surface area contributed by atoms with Crippen LogP contribution in [0.3, 0.4) is 0 Å². The number of benzene rings is 1. The van der Waals surface area contributed by atoms with Crippen LogP contribution in [-0.4, -0.2) is 16.7 Å². The van der Waals surface area contributed by atoms with Crippen molar-refractivity contribution >= 4 is 17.5 Å². The number of nitrogens with zero attached hydrogens (tertiary/aromatic N) is 1. The van der Waals surface area contributed by atoms with Gasteiger partial charge in [0.2, 0.25) is 5.91 Å². The van der Waals surface area contributed by atoms with E-state index < -0.39 is 16.7 Å². The molecule has 0 aliphatic heterocycles. The molecule has 7 heteroatoms. The molecule has 0 bridgehead atoms. The number of rotatable bonds is 2. The maximum absolute atomic E-state index is 11.6. The first-order valence-electron chi connectivity index (χ1n) is 4.74. The average Bonchev–Trinajstić information content (AvgIpc) is 2.25. The van der Waals surface area contributed by atoms with Gasteiger partial charge in [-0.05, 0) is 18.6 Å². The Hall–Kier alpha value is -2.44. The van der Waals surface area contributed by atoms with Crippen molar-refractivity contribution < 1.29 is 14.5 Å². The average molecular weight is 237 g/mol. The lowest BCUT2D eigenvalue weighted by atomic mass is 10.1. The second kappa shape index (κ2) is 5.06. The minimum atomic E-state index is -0.726. The van der Waals surface area contributed by atoms with Gasteiger partial charge in [-0.1, -0.05) is 6.07 Å². The molecule has 0 radical (unpaired) electrons. The van der Waals surface area contributed by atoms with Gasteiger partial charge in [-0.25, -0.2) is 0 Å². The molecule has 0 atom stereocenters. The highest BCUT2D eigenvalue weighted by Crippen LogP contribution is 2.19. The zero-order chi connectivity index (χ0) is 13.0. The van der Waals surface area contributed by atoms with E-state index in [1.807, 2.05) is 0 Å². The molecule has 90 valence electrons. The molecular formula is C10H11N3O4. The van der Waals surface area contributed by atoms with Gasteiger partial charge in [-0.3, -0.25) is 30.6 Å². The molecule has 0 saturated heterocycles. The number of hydrazine groups is 1. The molecule has 1 aromatic carbocycles. The Morgan fingerprint density at radius 1 is 1.29 bits per heavy atom. The van der Waals surface area contributed by atoms with Gasteiger partial charge in [0, 0.05) is 13.0 Å². The van der Waals surface area contributed by atoms with Gasteiger partial charge in [0.15, 0.2) is 0 Å².